The highest BCUT2D eigenvalue weighted by Crippen LogP contribution is 2.30. The normalized spacial score (nSPS) is 14.5. The predicted molar refractivity (Wildman–Crippen MR) is 89.6 cm³/mol. The summed E-state index contributed by atoms with van der Waals surface area (Å²) < 4.78 is 15.7. The Bertz CT molecular complexity index is 708. The van der Waals surface area contributed by atoms with Gasteiger partial charge in [0.1, 0.15) is 11.5 Å². The van der Waals surface area contributed by atoms with Crippen molar-refractivity contribution in [2.24, 2.45) is 0 Å². The van der Waals surface area contributed by atoms with Gasteiger partial charge in [-0.3, -0.25) is 4.79 Å². The summed E-state index contributed by atoms with van der Waals surface area (Å²) >= 11 is 0. The number of nitrogens with zero attached hydrogens (tertiary/aromatic N) is 2. The lowest BCUT2D eigenvalue weighted by atomic mass is 10.2. The second-order valence-corrected chi connectivity index (χ2v) is 5.64. The molecule has 24 heavy (non-hydrogen) atoms. The number of carbonyl (C=O) groups excluding carboxylic acids is 1. The first-order valence-electron chi connectivity index (χ1n) is 7.88. The molecule has 1 aliphatic rings. The fraction of sp³-hybridized carbons (Fsp3) is 0.412. The van der Waals surface area contributed by atoms with Crippen molar-refractivity contribution < 1.29 is 18.8 Å². The molecule has 1 aromatic heterocycles. The molecule has 0 saturated carbocycles. The first-order chi connectivity index (χ1) is 11.7. The van der Waals surface area contributed by atoms with Crippen LogP contribution in [-0.2, 0) is 16.0 Å². The maximum absolute atomic E-state index is 12.3. The molecule has 0 bridgehead atoms. The largest absolute Gasteiger partial charge is 0.495 e. The first kappa shape index (κ1) is 16.3. The van der Waals surface area contributed by atoms with Crippen molar-refractivity contribution in [3.8, 4) is 5.75 Å². The number of methoxy groups -OCH3 is 1. The van der Waals surface area contributed by atoms with Gasteiger partial charge in [-0.05, 0) is 25.1 Å². The molecule has 2 aromatic rings. The van der Waals surface area contributed by atoms with E-state index in [1.165, 1.54) is 0 Å². The third kappa shape index (κ3) is 3.86. The van der Waals surface area contributed by atoms with Gasteiger partial charge in [-0.1, -0.05) is 5.16 Å². The number of hydrogen-bond donors (Lipinski definition) is 1. The average molecular weight is 331 g/mol. The summed E-state index contributed by atoms with van der Waals surface area (Å²) in [6.45, 7) is 4.87. The Hall–Kier alpha value is -2.54. The van der Waals surface area contributed by atoms with Crippen molar-refractivity contribution in [1.82, 2.24) is 5.16 Å². The molecule has 1 aromatic carbocycles. The first-order valence-corrected chi connectivity index (χ1v) is 7.88. The summed E-state index contributed by atoms with van der Waals surface area (Å²) in [6.07, 6.45) is 0.155. The van der Waals surface area contributed by atoms with Crippen molar-refractivity contribution in [3.05, 3.63) is 35.7 Å². The lowest BCUT2D eigenvalue weighted by Crippen LogP contribution is -2.36. The summed E-state index contributed by atoms with van der Waals surface area (Å²) in [4.78, 5) is 14.5. The van der Waals surface area contributed by atoms with Crippen LogP contribution in [0.15, 0.2) is 28.8 Å². The molecule has 0 radical (unpaired) electrons. The van der Waals surface area contributed by atoms with E-state index in [-0.39, 0.29) is 12.3 Å². The van der Waals surface area contributed by atoms with Gasteiger partial charge < -0.3 is 24.2 Å². The quantitative estimate of drug-likeness (QED) is 0.903. The summed E-state index contributed by atoms with van der Waals surface area (Å²) in [6, 6.07) is 7.53. The molecule has 1 N–H and O–H groups in total. The number of morpholine rings is 1. The number of nitrogens with one attached hydrogen (secondary N) is 1. The predicted octanol–water partition coefficient (Wildman–Crippen LogP) is 2.01. The molecule has 7 nitrogen and oxygen atoms in total. The van der Waals surface area contributed by atoms with E-state index < -0.39 is 0 Å². The Kier molecular flexibility index (Phi) is 5.00. The van der Waals surface area contributed by atoms with Crippen LogP contribution in [0.2, 0.25) is 0 Å². The number of amides is 1. The Morgan fingerprint density at radius 2 is 2.12 bits per heavy atom. The van der Waals surface area contributed by atoms with Gasteiger partial charge in [0.25, 0.3) is 0 Å². The van der Waals surface area contributed by atoms with Gasteiger partial charge in [-0.2, -0.15) is 0 Å². The molecule has 1 aliphatic heterocycles. The highest BCUT2D eigenvalue weighted by Gasteiger charge is 2.15. The minimum absolute atomic E-state index is 0.155. The molecule has 1 amide bonds. The van der Waals surface area contributed by atoms with Gasteiger partial charge >= 0.3 is 0 Å². The third-order valence-corrected chi connectivity index (χ3v) is 3.85. The number of anilines is 2. The molecule has 1 fully saturated rings. The maximum Gasteiger partial charge on any atom is 0.230 e. The molecule has 0 spiro atoms. The molecule has 0 aliphatic carbocycles. The number of aryl methyl sites for hydroxylation is 1. The zero-order valence-corrected chi connectivity index (χ0v) is 13.9. The van der Waals surface area contributed by atoms with Gasteiger partial charge in [0.15, 0.2) is 0 Å². The minimum Gasteiger partial charge on any atom is -0.495 e. The molecule has 3 rings (SSSR count). The molecular weight excluding hydrogens is 310 g/mol. The molecule has 0 unspecified atom stereocenters. The number of carbonyl (C=O) groups is 1. The standard InChI is InChI=1S/C17H21N3O4/c1-12-9-13(19-24-12)10-17(21)18-15-11-14(3-4-16(15)22-2)20-5-7-23-8-6-20/h3-4,9,11H,5-8,10H2,1-2H3,(H,18,21). The molecule has 2 heterocycles. The Morgan fingerprint density at radius 1 is 1.33 bits per heavy atom. The molecule has 0 atom stereocenters. The number of aromatic nitrogens is 1. The third-order valence-electron chi connectivity index (χ3n) is 3.85. The Morgan fingerprint density at radius 3 is 2.79 bits per heavy atom. The topological polar surface area (TPSA) is 76.8 Å². The van der Waals surface area contributed by atoms with Crippen LogP contribution in [0.1, 0.15) is 11.5 Å². The van der Waals surface area contributed by atoms with Crippen LogP contribution >= 0.6 is 0 Å². The van der Waals surface area contributed by atoms with Crippen molar-refractivity contribution >= 4 is 17.3 Å². The smallest absolute Gasteiger partial charge is 0.230 e. The fourth-order valence-electron chi connectivity index (χ4n) is 2.67. The Balaban J connectivity index is 1.73. The second-order valence-electron chi connectivity index (χ2n) is 5.64. The number of ether oxygens (including phenoxy) is 2. The second kappa shape index (κ2) is 7.35. The van der Waals surface area contributed by atoms with Crippen molar-refractivity contribution in [2.45, 2.75) is 13.3 Å². The maximum atomic E-state index is 12.3. The van der Waals surface area contributed by atoms with Crippen LogP contribution < -0.4 is 15.0 Å². The molecule has 7 heteroatoms. The van der Waals surface area contributed by atoms with Gasteiger partial charge in [0, 0.05) is 24.8 Å². The van der Waals surface area contributed by atoms with E-state index >= 15 is 0 Å². The van der Waals surface area contributed by atoms with Gasteiger partial charge in [0.05, 0.1) is 38.1 Å². The Labute approximate surface area is 140 Å². The number of hydrogen-bond acceptors (Lipinski definition) is 6. The molecule has 128 valence electrons. The minimum atomic E-state index is -0.166. The lowest BCUT2D eigenvalue weighted by molar-refractivity contribution is -0.115. The SMILES string of the molecule is COc1ccc(N2CCOCC2)cc1NC(=O)Cc1cc(C)on1. The average Bonchev–Trinajstić information content (AvgIpc) is 3.00. The lowest BCUT2D eigenvalue weighted by Gasteiger charge is -2.29. The summed E-state index contributed by atoms with van der Waals surface area (Å²) in [7, 11) is 1.58. The van der Waals surface area contributed by atoms with E-state index in [9.17, 15) is 4.79 Å². The van der Waals surface area contributed by atoms with Crippen LogP contribution in [-0.4, -0.2) is 44.5 Å². The van der Waals surface area contributed by atoms with Crippen molar-refractivity contribution in [2.75, 3.05) is 43.6 Å². The number of rotatable bonds is 5. The molecular formula is C17H21N3O4. The van der Waals surface area contributed by atoms with Crippen molar-refractivity contribution in [3.63, 3.8) is 0 Å². The van der Waals surface area contributed by atoms with Crippen molar-refractivity contribution in [1.29, 1.82) is 0 Å². The summed E-state index contributed by atoms with van der Waals surface area (Å²) in [5.74, 6) is 1.14. The summed E-state index contributed by atoms with van der Waals surface area (Å²) in [5, 5.41) is 6.74. The van der Waals surface area contributed by atoms with Crippen LogP contribution in [0.5, 0.6) is 5.75 Å². The van der Waals surface area contributed by atoms with Crippen LogP contribution in [0.4, 0.5) is 11.4 Å². The van der Waals surface area contributed by atoms with E-state index in [1.807, 2.05) is 18.2 Å². The van der Waals surface area contributed by atoms with Gasteiger partial charge in [0.2, 0.25) is 5.91 Å². The zero-order chi connectivity index (χ0) is 16.9. The van der Waals surface area contributed by atoms with Gasteiger partial charge in [-0.25, -0.2) is 0 Å². The fourth-order valence-corrected chi connectivity index (χ4v) is 2.67. The van der Waals surface area contributed by atoms with E-state index in [1.54, 1.807) is 20.1 Å². The van der Waals surface area contributed by atoms with E-state index in [4.69, 9.17) is 14.0 Å². The summed E-state index contributed by atoms with van der Waals surface area (Å²) in [5.41, 5.74) is 2.28. The molecule has 1 saturated heterocycles. The zero-order valence-electron chi connectivity index (χ0n) is 13.9. The van der Waals surface area contributed by atoms with E-state index in [2.05, 4.69) is 15.4 Å². The van der Waals surface area contributed by atoms with Crippen LogP contribution in [0, 0.1) is 6.92 Å². The van der Waals surface area contributed by atoms with Crippen LogP contribution in [0.3, 0.4) is 0 Å². The highest BCUT2D eigenvalue weighted by molar-refractivity contribution is 5.94. The number of benzene rings is 1. The van der Waals surface area contributed by atoms with E-state index in [0.29, 0.717) is 36.1 Å². The monoisotopic (exact) mass is 331 g/mol. The van der Waals surface area contributed by atoms with Crippen LogP contribution in [0.25, 0.3) is 0 Å². The van der Waals surface area contributed by atoms with Gasteiger partial charge in [-0.15, -0.1) is 0 Å². The van der Waals surface area contributed by atoms with E-state index in [0.717, 1.165) is 18.8 Å². The highest BCUT2D eigenvalue weighted by atomic mass is 16.5.